The van der Waals surface area contributed by atoms with Crippen molar-refractivity contribution in [2.45, 2.75) is 60.0 Å². The highest BCUT2D eigenvalue weighted by atomic mass is 16.5. The van der Waals surface area contributed by atoms with Gasteiger partial charge >= 0.3 is 5.97 Å². The van der Waals surface area contributed by atoms with Crippen LogP contribution >= 0.6 is 0 Å². The van der Waals surface area contributed by atoms with Crippen molar-refractivity contribution >= 4 is 11.8 Å². The second-order valence-electron chi connectivity index (χ2n) is 7.76. The van der Waals surface area contributed by atoms with Crippen LogP contribution in [-0.2, 0) is 20.7 Å². The van der Waals surface area contributed by atoms with E-state index in [-0.39, 0.29) is 29.0 Å². The van der Waals surface area contributed by atoms with Crippen molar-refractivity contribution in [3.05, 3.63) is 23.2 Å². The minimum atomic E-state index is -0.399. The molecule has 0 N–H and O–H groups in total. The van der Waals surface area contributed by atoms with E-state index in [4.69, 9.17) is 9.15 Å². The Labute approximate surface area is 137 Å². The highest BCUT2D eigenvalue weighted by molar-refractivity contribution is 5.84. The van der Waals surface area contributed by atoms with E-state index in [2.05, 4.69) is 13.8 Å². The molecule has 1 saturated carbocycles. The van der Waals surface area contributed by atoms with E-state index >= 15 is 0 Å². The first kappa shape index (κ1) is 16.3. The molecule has 0 aliphatic heterocycles. The highest BCUT2D eigenvalue weighted by Gasteiger charge is 2.57. The van der Waals surface area contributed by atoms with Gasteiger partial charge in [0.05, 0.1) is 12.2 Å². The molecule has 4 unspecified atom stereocenters. The van der Waals surface area contributed by atoms with Crippen molar-refractivity contribution in [2.75, 3.05) is 0 Å². The molecule has 0 spiro atoms. The predicted molar refractivity (Wildman–Crippen MR) is 85.8 cm³/mol. The molecule has 1 aromatic rings. The molecule has 2 aliphatic rings. The molecule has 0 saturated heterocycles. The van der Waals surface area contributed by atoms with E-state index in [0.29, 0.717) is 18.8 Å². The number of aryl methyl sites for hydroxylation is 1. The average Bonchev–Trinajstić information content (AvgIpc) is 2.86. The number of Topliss-reactive ketones (excluding diaryl/α,β-unsaturated/α-hetero) is 1. The van der Waals surface area contributed by atoms with Crippen LogP contribution in [0.15, 0.2) is 10.7 Å². The van der Waals surface area contributed by atoms with E-state index in [9.17, 15) is 9.59 Å². The molecule has 0 amide bonds. The van der Waals surface area contributed by atoms with Gasteiger partial charge in [0.15, 0.2) is 0 Å². The minimum absolute atomic E-state index is 0.130. The molecule has 4 atom stereocenters. The normalized spacial score (nSPS) is 33.3. The Bertz CT molecular complexity index is 642. The summed E-state index contributed by atoms with van der Waals surface area (Å²) in [5.41, 5.74) is 1.63. The second-order valence-corrected chi connectivity index (χ2v) is 7.76. The van der Waals surface area contributed by atoms with Crippen molar-refractivity contribution in [1.82, 2.24) is 0 Å². The molecular weight excluding hydrogens is 292 g/mol. The van der Waals surface area contributed by atoms with Crippen LogP contribution in [0.1, 0.15) is 63.5 Å². The smallest absolute Gasteiger partial charge is 0.309 e. The monoisotopic (exact) mass is 318 g/mol. The quantitative estimate of drug-likeness (QED) is 0.773. The number of hydrogen-bond donors (Lipinski definition) is 0. The second kappa shape index (κ2) is 5.50. The van der Waals surface area contributed by atoms with Gasteiger partial charge < -0.3 is 9.15 Å². The number of fused-ring (bicyclic) bond motifs is 2. The van der Waals surface area contributed by atoms with Gasteiger partial charge in [-0.05, 0) is 24.8 Å². The molecule has 23 heavy (non-hydrogen) atoms. The molecule has 0 bridgehead atoms. The zero-order valence-corrected chi connectivity index (χ0v) is 14.6. The lowest BCUT2D eigenvalue weighted by Crippen LogP contribution is -2.51. The lowest BCUT2D eigenvalue weighted by molar-refractivity contribution is -0.176. The van der Waals surface area contributed by atoms with Crippen LogP contribution in [0.25, 0.3) is 0 Å². The summed E-state index contributed by atoms with van der Waals surface area (Å²) in [5, 5.41) is 0. The maximum Gasteiger partial charge on any atom is 0.309 e. The minimum Gasteiger partial charge on any atom is -0.469 e. The van der Waals surface area contributed by atoms with Crippen molar-refractivity contribution in [1.29, 1.82) is 0 Å². The lowest BCUT2D eigenvalue weighted by atomic mass is 9.53. The molecule has 2 aliphatic carbocycles. The summed E-state index contributed by atoms with van der Waals surface area (Å²) in [6, 6.07) is 0. The van der Waals surface area contributed by atoms with E-state index in [1.807, 2.05) is 20.8 Å². The van der Waals surface area contributed by atoms with Crippen molar-refractivity contribution < 1.29 is 18.7 Å². The molecule has 1 heterocycles. The van der Waals surface area contributed by atoms with Crippen LogP contribution in [0.2, 0.25) is 0 Å². The number of esters is 1. The Morgan fingerprint density at radius 3 is 2.78 bits per heavy atom. The molecule has 1 fully saturated rings. The molecule has 0 aromatic carbocycles. The molecule has 4 heteroatoms. The SMILES string of the molecule is Cc1coc2c1C(OC(=O)C(C)C)C1(C)C(C)CCC(=O)C1C2. The number of ether oxygens (including phenoxy) is 1. The fourth-order valence-electron chi connectivity index (χ4n) is 4.26. The van der Waals surface area contributed by atoms with E-state index in [1.165, 1.54) is 0 Å². The zero-order valence-electron chi connectivity index (χ0n) is 14.6. The van der Waals surface area contributed by atoms with Crippen LogP contribution in [-0.4, -0.2) is 11.8 Å². The zero-order chi connectivity index (χ0) is 16.9. The molecular formula is C19H26O4. The van der Waals surface area contributed by atoms with Crippen LogP contribution < -0.4 is 0 Å². The standard InChI is InChI=1S/C19H26O4/c1-10(2)18(21)23-17-16-11(3)9-22-15(16)8-13-14(20)7-6-12(4)19(13,17)5/h9-10,12-13,17H,6-8H2,1-5H3. The van der Waals surface area contributed by atoms with Crippen molar-refractivity contribution in [3.8, 4) is 0 Å². The Morgan fingerprint density at radius 2 is 2.13 bits per heavy atom. The first-order chi connectivity index (χ1) is 10.8. The predicted octanol–water partition coefficient (Wildman–Crippen LogP) is 4.01. The van der Waals surface area contributed by atoms with Gasteiger partial charge in [-0.1, -0.05) is 27.7 Å². The van der Waals surface area contributed by atoms with E-state index in [0.717, 1.165) is 23.3 Å². The van der Waals surface area contributed by atoms with Gasteiger partial charge in [-0.2, -0.15) is 0 Å². The van der Waals surface area contributed by atoms with Gasteiger partial charge in [-0.25, -0.2) is 0 Å². The Hall–Kier alpha value is -1.58. The fourth-order valence-corrected chi connectivity index (χ4v) is 4.26. The topological polar surface area (TPSA) is 56.5 Å². The summed E-state index contributed by atoms with van der Waals surface area (Å²) in [7, 11) is 0. The van der Waals surface area contributed by atoms with Gasteiger partial charge in [-0.3, -0.25) is 9.59 Å². The summed E-state index contributed by atoms with van der Waals surface area (Å²) >= 11 is 0. The summed E-state index contributed by atoms with van der Waals surface area (Å²) in [5.74, 6) is 0.870. The third-order valence-electron chi connectivity index (χ3n) is 6.05. The molecule has 3 rings (SSSR count). The third kappa shape index (κ3) is 2.34. The van der Waals surface area contributed by atoms with Gasteiger partial charge in [0, 0.05) is 29.7 Å². The largest absolute Gasteiger partial charge is 0.469 e. The van der Waals surface area contributed by atoms with Crippen molar-refractivity contribution in [3.63, 3.8) is 0 Å². The number of carbonyl (C=O) groups excluding carboxylic acids is 2. The maximum absolute atomic E-state index is 12.6. The number of carbonyl (C=O) groups is 2. The van der Waals surface area contributed by atoms with Gasteiger partial charge in [0.1, 0.15) is 17.6 Å². The molecule has 1 aromatic heterocycles. The van der Waals surface area contributed by atoms with Crippen LogP contribution in [0.4, 0.5) is 0 Å². The van der Waals surface area contributed by atoms with Crippen LogP contribution in [0.3, 0.4) is 0 Å². The third-order valence-corrected chi connectivity index (χ3v) is 6.05. The Morgan fingerprint density at radius 1 is 1.43 bits per heavy atom. The number of ketones is 1. The number of rotatable bonds is 2. The van der Waals surface area contributed by atoms with E-state index < -0.39 is 6.10 Å². The summed E-state index contributed by atoms with van der Waals surface area (Å²) in [4.78, 5) is 24.9. The first-order valence-electron chi connectivity index (χ1n) is 8.56. The summed E-state index contributed by atoms with van der Waals surface area (Å²) in [6.45, 7) is 9.95. The van der Waals surface area contributed by atoms with Gasteiger partial charge in [0.2, 0.25) is 0 Å². The number of furan rings is 1. The molecule has 0 radical (unpaired) electrons. The maximum atomic E-state index is 12.6. The Balaban J connectivity index is 2.11. The average molecular weight is 318 g/mol. The Kier molecular flexibility index (Phi) is 3.89. The van der Waals surface area contributed by atoms with Gasteiger partial charge in [-0.15, -0.1) is 0 Å². The van der Waals surface area contributed by atoms with Crippen LogP contribution in [0.5, 0.6) is 0 Å². The van der Waals surface area contributed by atoms with Crippen molar-refractivity contribution in [2.24, 2.45) is 23.2 Å². The van der Waals surface area contributed by atoms with Crippen LogP contribution in [0, 0.1) is 30.1 Å². The molecule has 4 nitrogen and oxygen atoms in total. The fraction of sp³-hybridized carbons (Fsp3) is 0.684. The molecule has 126 valence electrons. The highest BCUT2D eigenvalue weighted by Crippen LogP contribution is 2.58. The summed E-state index contributed by atoms with van der Waals surface area (Å²) < 4.78 is 11.7. The summed E-state index contributed by atoms with van der Waals surface area (Å²) in [6.07, 6.45) is 3.41. The number of hydrogen-bond acceptors (Lipinski definition) is 4. The van der Waals surface area contributed by atoms with Gasteiger partial charge in [0.25, 0.3) is 0 Å². The van der Waals surface area contributed by atoms with E-state index in [1.54, 1.807) is 6.26 Å². The lowest BCUT2D eigenvalue weighted by Gasteiger charge is -2.51. The first-order valence-corrected chi connectivity index (χ1v) is 8.56.